The fourth-order valence-electron chi connectivity index (χ4n) is 3.55. The standard InChI is InChI=1S/C23H24N2O2/c26-21(10-8-18-5-2-1-3-6-18)15-19-9-11-23-22(16-19)25(13-14-27-23)17-20-7-4-12-24-20/h1-3,5-7,9,11-12,16H,4,8,10,13-15,17H2. The molecular formula is C23H24N2O2. The summed E-state index contributed by atoms with van der Waals surface area (Å²) in [6, 6.07) is 16.3. The zero-order chi connectivity index (χ0) is 18.5. The molecule has 0 aliphatic carbocycles. The Labute approximate surface area is 160 Å². The number of Topliss-reactive ketones (excluding diaryl/α,β-unsaturated/α-hetero) is 1. The van der Waals surface area contributed by atoms with Crippen molar-refractivity contribution in [2.75, 3.05) is 24.6 Å². The van der Waals surface area contributed by atoms with Crippen molar-refractivity contribution in [2.45, 2.75) is 25.7 Å². The summed E-state index contributed by atoms with van der Waals surface area (Å²) in [6.45, 7) is 2.31. The number of carbonyl (C=O) groups excluding carboxylic acids is 1. The third kappa shape index (κ3) is 4.45. The van der Waals surface area contributed by atoms with E-state index in [0.717, 1.165) is 48.6 Å². The third-order valence-electron chi connectivity index (χ3n) is 4.99. The lowest BCUT2D eigenvalue weighted by Gasteiger charge is -2.31. The average Bonchev–Trinajstić information content (AvgIpc) is 3.21. The maximum Gasteiger partial charge on any atom is 0.142 e. The van der Waals surface area contributed by atoms with Gasteiger partial charge in [0.1, 0.15) is 18.1 Å². The lowest BCUT2D eigenvalue weighted by atomic mass is 10.0. The second kappa shape index (κ2) is 8.21. The summed E-state index contributed by atoms with van der Waals surface area (Å²) >= 11 is 0. The first-order valence-electron chi connectivity index (χ1n) is 9.56. The average molecular weight is 360 g/mol. The normalized spacial score (nSPS) is 15.3. The molecule has 27 heavy (non-hydrogen) atoms. The monoisotopic (exact) mass is 360 g/mol. The molecule has 0 bridgehead atoms. The van der Waals surface area contributed by atoms with Gasteiger partial charge in [0.05, 0.1) is 24.5 Å². The van der Waals surface area contributed by atoms with Crippen molar-refractivity contribution in [3.8, 4) is 5.75 Å². The summed E-state index contributed by atoms with van der Waals surface area (Å²) in [6.07, 6.45) is 6.86. The number of allylic oxidation sites excluding steroid dienone is 1. The van der Waals surface area contributed by atoms with Gasteiger partial charge in [0.15, 0.2) is 0 Å². The van der Waals surface area contributed by atoms with E-state index in [-0.39, 0.29) is 5.78 Å². The number of anilines is 1. The highest BCUT2D eigenvalue weighted by atomic mass is 16.5. The molecule has 4 heteroatoms. The molecule has 138 valence electrons. The number of fused-ring (bicyclic) bond motifs is 1. The van der Waals surface area contributed by atoms with Gasteiger partial charge in [0, 0.05) is 25.5 Å². The maximum absolute atomic E-state index is 12.4. The molecule has 0 N–H and O–H groups in total. The van der Waals surface area contributed by atoms with Gasteiger partial charge in [-0.05, 0) is 29.7 Å². The highest BCUT2D eigenvalue weighted by Gasteiger charge is 2.20. The molecule has 4 rings (SSSR count). The molecule has 4 nitrogen and oxygen atoms in total. The minimum Gasteiger partial charge on any atom is -0.490 e. The summed E-state index contributed by atoms with van der Waals surface area (Å²) in [5, 5.41) is 0. The molecule has 0 atom stereocenters. The number of benzene rings is 2. The predicted octanol–water partition coefficient (Wildman–Crippen LogP) is 3.99. The number of rotatable bonds is 7. The lowest BCUT2D eigenvalue weighted by molar-refractivity contribution is -0.118. The summed E-state index contributed by atoms with van der Waals surface area (Å²) in [4.78, 5) is 19.2. The number of carbonyl (C=O) groups is 1. The van der Waals surface area contributed by atoms with Gasteiger partial charge in [-0.15, -0.1) is 0 Å². The smallest absolute Gasteiger partial charge is 0.142 e. The fraction of sp³-hybridized carbons (Fsp3) is 0.304. The minimum atomic E-state index is 0.269. The highest BCUT2D eigenvalue weighted by Crippen LogP contribution is 2.33. The van der Waals surface area contributed by atoms with Crippen LogP contribution in [0.15, 0.2) is 65.3 Å². The Balaban J connectivity index is 1.41. The molecule has 0 fully saturated rings. The van der Waals surface area contributed by atoms with Gasteiger partial charge < -0.3 is 9.64 Å². The molecule has 2 heterocycles. The van der Waals surface area contributed by atoms with Crippen LogP contribution < -0.4 is 9.64 Å². The number of ether oxygens (including phenoxy) is 1. The number of aryl methyl sites for hydroxylation is 1. The van der Waals surface area contributed by atoms with E-state index in [2.05, 4.69) is 34.2 Å². The lowest BCUT2D eigenvalue weighted by Crippen LogP contribution is -2.34. The molecule has 0 amide bonds. The first kappa shape index (κ1) is 17.5. The summed E-state index contributed by atoms with van der Waals surface area (Å²) in [5.41, 5.74) is 4.43. The van der Waals surface area contributed by atoms with Crippen molar-refractivity contribution in [1.82, 2.24) is 0 Å². The Morgan fingerprint density at radius 1 is 1.11 bits per heavy atom. The SMILES string of the molecule is O=C(CCc1ccccc1)Cc1ccc2c(c1)N(CC1=CCC=N1)CCO2. The van der Waals surface area contributed by atoms with Gasteiger partial charge in [-0.25, -0.2) is 0 Å². The van der Waals surface area contributed by atoms with Crippen molar-refractivity contribution >= 4 is 17.7 Å². The van der Waals surface area contributed by atoms with Gasteiger partial charge in [0.2, 0.25) is 0 Å². The number of ketones is 1. The molecule has 0 saturated heterocycles. The Morgan fingerprint density at radius 3 is 2.81 bits per heavy atom. The first-order chi connectivity index (χ1) is 13.3. The van der Waals surface area contributed by atoms with E-state index in [1.165, 1.54) is 5.56 Å². The van der Waals surface area contributed by atoms with Crippen LogP contribution in [0, 0.1) is 0 Å². The zero-order valence-electron chi connectivity index (χ0n) is 15.4. The van der Waals surface area contributed by atoms with Crippen LogP contribution in [0.1, 0.15) is 24.0 Å². The zero-order valence-corrected chi connectivity index (χ0v) is 15.4. The van der Waals surface area contributed by atoms with E-state index in [9.17, 15) is 4.79 Å². The quantitative estimate of drug-likeness (QED) is 0.750. The van der Waals surface area contributed by atoms with E-state index in [0.29, 0.717) is 19.4 Å². The summed E-state index contributed by atoms with van der Waals surface area (Å²) in [5.74, 6) is 1.16. The van der Waals surface area contributed by atoms with Crippen LogP contribution in [0.2, 0.25) is 0 Å². The van der Waals surface area contributed by atoms with E-state index >= 15 is 0 Å². The van der Waals surface area contributed by atoms with Crippen LogP contribution in [-0.2, 0) is 17.6 Å². The van der Waals surface area contributed by atoms with Gasteiger partial charge in [-0.3, -0.25) is 9.79 Å². The molecule has 2 aromatic carbocycles. The summed E-state index contributed by atoms with van der Waals surface area (Å²) < 4.78 is 5.80. The second-order valence-electron chi connectivity index (χ2n) is 7.02. The molecule has 0 unspecified atom stereocenters. The Kier molecular flexibility index (Phi) is 5.33. The number of hydrogen-bond donors (Lipinski definition) is 0. The molecule has 2 aliphatic rings. The molecular weight excluding hydrogens is 336 g/mol. The fourth-order valence-corrected chi connectivity index (χ4v) is 3.55. The van der Waals surface area contributed by atoms with Crippen molar-refractivity contribution in [1.29, 1.82) is 0 Å². The third-order valence-corrected chi connectivity index (χ3v) is 4.99. The van der Waals surface area contributed by atoms with Crippen LogP contribution in [0.5, 0.6) is 5.75 Å². The Bertz CT molecular complexity index is 871. The number of aliphatic imine (C=N–C) groups is 1. The van der Waals surface area contributed by atoms with Crippen LogP contribution in [-0.4, -0.2) is 31.7 Å². The van der Waals surface area contributed by atoms with E-state index in [1.54, 1.807) is 0 Å². The largest absolute Gasteiger partial charge is 0.490 e. The van der Waals surface area contributed by atoms with Crippen molar-refractivity contribution in [3.05, 3.63) is 71.4 Å². The molecule has 0 spiro atoms. The van der Waals surface area contributed by atoms with Crippen LogP contribution >= 0.6 is 0 Å². The maximum atomic E-state index is 12.4. The Hall–Kier alpha value is -2.88. The van der Waals surface area contributed by atoms with Crippen molar-refractivity contribution in [2.24, 2.45) is 4.99 Å². The number of nitrogens with zero attached hydrogens (tertiary/aromatic N) is 2. The Morgan fingerprint density at radius 2 is 2.00 bits per heavy atom. The van der Waals surface area contributed by atoms with Crippen LogP contribution in [0.25, 0.3) is 0 Å². The first-order valence-corrected chi connectivity index (χ1v) is 9.56. The van der Waals surface area contributed by atoms with Crippen molar-refractivity contribution < 1.29 is 9.53 Å². The number of hydrogen-bond acceptors (Lipinski definition) is 4. The van der Waals surface area contributed by atoms with Crippen LogP contribution in [0.4, 0.5) is 5.69 Å². The van der Waals surface area contributed by atoms with Crippen molar-refractivity contribution in [3.63, 3.8) is 0 Å². The second-order valence-corrected chi connectivity index (χ2v) is 7.02. The molecule has 2 aliphatic heterocycles. The molecule has 0 radical (unpaired) electrons. The van der Waals surface area contributed by atoms with E-state index in [4.69, 9.17) is 4.74 Å². The minimum absolute atomic E-state index is 0.269. The van der Waals surface area contributed by atoms with Gasteiger partial charge in [-0.1, -0.05) is 42.5 Å². The van der Waals surface area contributed by atoms with E-state index < -0.39 is 0 Å². The predicted molar refractivity (Wildman–Crippen MR) is 109 cm³/mol. The summed E-state index contributed by atoms with van der Waals surface area (Å²) in [7, 11) is 0. The van der Waals surface area contributed by atoms with Gasteiger partial charge in [0.25, 0.3) is 0 Å². The molecule has 0 aromatic heterocycles. The van der Waals surface area contributed by atoms with E-state index in [1.807, 2.05) is 36.5 Å². The molecule has 0 saturated carbocycles. The van der Waals surface area contributed by atoms with Gasteiger partial charge >= 0.3 is 0 Å². The van der Waals surface area contributed by atoms with Crippen LogP contribution in [0.3, 0.4) is 0 Å². The molecule has 2 aromatic rings. The topological polar surface area (TPSA) is 41.9 Å². The highest BCUT2D eigenvalue weighted by molar-refractivity contribution is 5.81. The van der Waals surface area contributed by atoms with Gasteiger partial charge in [-0.2, -0.15) is 0 Å².